The van der Waals surface area contributed by atoms with Gasteiger partial charge in [0, 0.05) is 32.9 Å². The minimum atomic E-state index is 1.08. The molecule has 0 spiro atoms. The summed E-state index contributed by atoms with van der Waals surface area (Å²) in [7, 11) is 0. The highest BCUT2D eigenvalue weighted by Crippen LogP contribution is 2.33. The van der Waals surface area contributed by atoms with E-state index in [4.69, 9.17) is 0 Å². The van der Waals surface area contributed by atoms with Crippen molar-refractivity contribution in [3.8, 4) is 11.8 Å². The quantitative estimate of drug-likeness (QED) is 0.377. The van der Waals surface area contributed by atoms with Crippen LogP contribution in [0.15, 0.2) is 78.4 Å². The molecule has 25 heavy (non-hydrogen) atoms. The number of aromatic nitrogens is 1. The maximum Gasteiger partial charge on any atom is 0.0477 e. The van der Waals surface area contributed by atoms with Gasteiger partial charge in [0.05, 0.1) is 0 Å². The van der Waals surface area contributed by atoms with Gasteiger partial charge in [0.1, 0.15) is 0 Å². The van der Waals surface area contributed by atoms with Gasteiger partial charge in [0.2, 0.25) is 0 Å². The molecular weight excluding hydrogens is 302 g/mol. The molecule has 5 rings (SSSR count). The molecule has 0 amide bonds. The van der Waals surface area contributed by atoms with E-state index in [2.05, 4.69) is 89.7 Å². The molecule has 1 aliphatic rings. The highest BCUT2D eigenvalue weighted by atomic mass is 14.7. The first-order valence-electron chi connectivity index (χ1n) is 8.71. The fourth-order valence-electron chi connectivity index (χ4n) is 3.67. The van der Waals surface area contributed by atoms with Crippen LogP contribution in [0.5, 0.6) is 0 Å². The third-order valence-electron chi connectivity index (χ3n) is 4.85. The van der Waals surface area contributed by atoms with Crippen molar-refractivity contribution in [1.82, 2.24) is 4.98 Å². The fraction of sp³-hybridized carbons (Fsp3) is 0.0833. The molecule has 1 nitrogen and oxygen atoms in total. The van der Waals surface area contributed by atoms with Crippen LogP contribution in [-0.4, -0.2) is 4.98 Å². The van der Waals surface area contributed by atoms with Crippen LogP contribution in [0.2, 0.25) is 0 Å². The van der Waals surface area contributed by atoms with E-state index in [1.54, 1.807) is 0 Å². The number of rotatable bonds is 0. The summed E-state index contributed by atoms with van der Waals surface area (Å²) in [5.74, 6) is 6.75. The lowest BCUT2D eigenvalue weighted by atomic mass is 10.0. The minimum Gasteiger partial charge on any atom is -0.354 e. The first-order chi connectivity index (χ1) is 12.4. The molecule has 0 unspecified atom stereocenters. The number of H-pyrrole nitrogens is 1. The number of allylic oxidation sites excluding steroid dienone is 4. The van der Waals surface area contributed by atoms with Crippen molar-refractivity contribution < 1.29 is 0 Å². The summed E-state index contributed by atoms with van der Waals surface area (Å²) in [5.41, 5.74) is 4.51. The Morgan fingerprint density at radius 2 is 1.68 bits per heavy atom. The normalized spacial score (nSPS) is 13.8. The zero-order valence-electron chi connectivity index (χ0n) is 13.8. The molecular formula is C24H17N. The van der Waals surface area contributed by atoms with E-state index in [-0.39, 0.29) is 0 Å². The molecule has 1 heteroatoms. The smallest absolute Gasteiger partial charge is 0.0477 e. The Bertz CT molecular complexity index is 1240. The van der Waals surface area contributed by atoms with E-state index < -0.39 is 0 Å². The molecule has 3 aromatic carbocycles. The van der Waals surface area contributed by atoms with E-state index in [1.807, 2.05) is 0 Å². The molecule has 0 radical (unpaired) electrons. The van der Waals surface area contributed by atoms with Crippen LogP contribution in [0.1, 0.15) is 18.4 Å². The van der Waals surface area contributed by atoms with Gasteiger partial charge in [0.15, 0.2) is 0 Å². The third kappa shape index (κ3) is 2.35. The average Bonchev–Trinajstić information content (AvgIpc) is 3.07. The van der Waals surface area contributed by atoms with Crippen LogP contribution in [0.25, 0.3) is 32.6 Å². The molecule has 1 N–H and O–H groups in total. The van der Waals surface area contributed by atoms with E-state index in [1.165, 1.54) is 27.1 Å². The van der Waals surface area contributed by atoms with Crippen molar-refractivity contribution in [1.29, 1.82) is 0 Å². The van der Waals surface area contributed by atoms with Crippen LogP contribution in [0, 0.1) is 11.8 Å². The van der Waals surface area contributed by atoms with Crippen LogP contribution in [0.3, 0.4) is 0 Å². The molecule has 1 heterocycles. The number of hydrogen-bond acceptors (Lipinski definition) is 0. The summed E-state index contributed by atoms with van der Waals surface area (Å²) in [4.78, 5) is 3.55. The summed E-state index contributed by atoms with van der Waals surface area (Å²) in [6.07, 6.45) is 8.75. The summed E-state index contributed by atoms with van der Waals surface area (Å²) in [5, 5.41) is 5.03. The van der Waals surface area contributed by atoms with Gasteiger partial charge < -0.3 is 4.98 Å². The Morgan fingerprint density at radius 1 is 0.760 bits per heavy atom. The lowest BCUT2D eigenvalue weighted by Gasteiger charge is -2.02. The van der Waals surface area contributed by atoms with Gasteiger partial charge in [-0.1, -0.05) is 66.5 Å². The van der Waals surface area contributed by atoms with Crippen LogP contribution < -0.4 is 0 Å². The molecule has 4 aromatic rings. The monoisotopic (exact) mass is 319 g/mol. The second-order valence-electron chi connectivity index (χ2n) is 6.45. The number of aromatic amines is 1. The Hall–Kier alpha value is -3.24. The number of fused-ring (bicyclic) bond motifs is 5. The van der Waals surface area contributed by atoms with E-state index in [9.17, 15) is 0 Å². The highest BCUT2D eigenvalue weighted by molar-refractivity contribution is 6.21. The van der Waals surface area contributed by atoms with E-state index in [0.717, 1.165) is 29.5 Å². The molecule has 0 aliphatic heterocycles. The lowest BCUT2D eigenvalue weighted by molar-refractivity contribution is 1.03. The molecule has 1 aliphatic carbocycles. The van der Waals surface area contributed by atoms with Crippen molar-refractivity contribution in [3.05, 3.63) is 84.0 Å². The van der Waals surface area contributed by atoms with Crippen LogP contribution in [-0.2, 0) is 0 Å². The summed E-state index contributed by atoms with van der Waals surface area (Å²) < 4.78 is 0. The average molecular weight is 319 g/mol. The first kappa shape index (κ1) is 14.1. The van der Waals surface area contributed by atoms with Crippen LogP contribution in [0.4, 0.5) is 0 Å². The molecule has 0 fully saturated rings. The van der Waals surface area contributed by atoms with Crippen LogP contribution >= 0.6 is 0 Å². The molecule has 1 aromatic heterocycles. The number of hydrogen-bond donors (Lipinski definition) is 1. The highest BCUT2D eigenvalue weighted by Gasteiger charge is 2.10. The molecule has 118 valence electrons. The Balaban J connectivity index is 1.82. The molecule has 0 saturated carbocycles. The van der Waals surface area contributed by atoms with Crippen molar-refractivity contribution in [2.75, 3.05) is 0 Å². The first-order valence-corrected chi connectivity index (χ1v) is 8.71. The minimum absolute atomic E-state index is 1.08. The Morgan fingerprint density at radius 3 is 2.60 bits per heavy atom. The molecule has 0 saturated heterocycles. The SMILES string of the molecule is C(#Cc1cccc2[nH]c3ccc4ccccc4c3c12)C1=CCCC=C1. The van der Waals surface area contributed by atoms with E-state index >= 15 is 0 Å². The largest absolute Gasteiger partial charge is 0.354 e. The summed E-state index contributed by atoms with van der Waals surface area (Å²) in [6.45, 7) is 0. The predicted octanol–water partition coefficient (Wildman–Crippen LogP) is 6.10. The summed E-state index contributed by atoms with van der Waals surface area (Å²) >= 11 is 0. The Kier molecular flexibility index (Phi) is 3.21. The van der Waals surface area contributed by atoms with Crippen molar-refractivity contribution in [3.63, 3.8) is 0 Å². The standard InChI is InChI=1S/C24H17N/c1-2-7-17(8-3-1)13-14-19-10-6-12-21-23(19)24-20-11-5-4-9-18(20)15-16-22(24)25-21/h2,4-12,15-16,25H,1,3H2. The zero-order valence-corrected chi connectivity index (χ0v) is 13.8. The Labute approximate surface area is 146 Å². The predicted molar refractivity (Wildman–Crippen MR) is 107 cm³/mol. The zero-order chi connectivity index (χ0) is 16.6. The lowest BCUT2D eigenvalue weighted by Crippen LogP contribution is -1.82. The number of benzene rings is 3. The second-order valence-corrected chi connectivity index (χ2v) is 6.45. The third-order valence-corrected chi connectivity index (χ3v) is 4.85. The van der Waals surface area contributed by atoms with E-state index in [0.29, 0.717) is 0 Å². The topological polar surface area (TPSA) is 15.8 Å². The van der Waals surface area contributed by atoms with Gasteiger partial charge in [-0.05, 0) is 41.8 Å². The summed E-state index contributed by atoms with van der Waals surface area (Å²) in [6, 6.07) is 19.2. The van der Waals surface area contributed by atoms with Crippen molar-refractivity contribution >= 4 is 32.6 Å². The number of nitrogens with one attached hydrogen (secondary N) is 1. The van der Waals surface area contributed by atoms with Crippen molar-refractivity contribution in [2.45, 2.75) is 12.8 Å². The fourth-order valence-corrected chi connectivity index (χ4v) is 3.67. The maximum atomic E-state index is 3.55. The van der Waals surface area contributed by atoms with Gasteiger partial charge >= 0.3 is 0 Å². The van der Waals surface area contributed by atoms with Gasteiger partial charge in [-0.25, -0.2) is 0 Å². The molecule has 0 atom stereocenters. The maximum absolute atomic E-state index is 3.55. The molecule has 0 bridgehead atoms. The van der Waals surface area contributed by atoms with Gasteiger partial charge in [0.25, 0.3) is 0 Å². The second kappa shape index (κ2) is 5.69. The van der Waals surface area contributed by atoms with Gasteiger partial charge in [-0.2, -0.15) is 0 Å². The van der Waals surface area contributed by atoms with Gasteiger partial charge in [-0.15, -0.1) is 0 Å². The van der Waals surface area contributed by atoms with Gasteiger partial charge in [-0.3, -0.25) is 0 Å². The van der Waals surface area contributed by atoms with Crippen molar-refractivity contribution in [2.24, 2.45) is 0 Å².